The minimum absolute atomic E-state index is 0.0737. The molecule has 7 heteroatoms. The van der Waals surface area contributed by atoms with Gasteiger partial charge in [-0.05, 0) is 60.8 Å². The Balaban J connectivity index is 1.68. The molecule has 0 unspecified atom stereocenters. The maximum absolute atomic E-state index is 13.3. The van der Waals surface area contributed by atoms with Gasteiger partial charge in [0.25, 0.3) is 5.56 Å². The number of urea groups is 1. The molecule has 4 rings (SSSR count). The number of nitrogens with one attached hydrogen (secondary N) is 2. The van der Waals surface area contributed by atoms with Gasteiger partial charge in [0.15, 0.2) is 0 Å². The third-order valence-corrected chi connectivity index (χ3v) is 5.37. The molecule has 0 aliphatic heterocycles. The molecule has 0 bridgehead atoms. The zero-order chi connectivity index (χ0) is 23.4. The quantitative estimate of drug-likeness (QED) is 0.427. The van der Waals surface area contributed by atoms with Crippen molar-refractivity contribution < 1.29 is 13.9 Å². The van der Waals surface area contributed by atoms with Crippen molar-refractivity contribution in [2.75, 3.05) is 12.4 Å². The summed E-state index contributed by atoms with van der Waals surface area (Å²) < 4.78 is 18.7. The number of methoxy groups -OCH3 is 1. The van der Waals surface area contributed by atoms with E-state index in [1.165, 1.54) is 29.2 Å². The predicted octanol–water partition coefficient (Wildman–Crippen LogP) is 5.22. The van der Waals surface area contributed by atoms with Gasteiger partial charge in [-0.25, -0.2) is 9.18 Å². The predicted molar refractivity (Wildman–Crippen MR) is 127 cm³/mol. The van der Waals surface area contributed by atoms with E-state index in [-0.39, 0.29) is 18.6 Å². The number of anilines is 1. The number of carbonyl (C=O) groups excluding carboxylic acids is 1. The topological polar surface area (TPSA) is 74.4 Å². The number of hydrogen-bond acceptors (Lipinski definition) is 3. The molecule has 1 aromatic heterocycles. The normalized spacial score (nSPS) is 10.8. The second-order valence-electron chi connectivity index (χ2n) is 7.82. The van der Waals surface area contributed by atoms with Gasteiger partial charge >= 0.3 is 6.03 Å². The number of aromatic nitrogens is 1. The molecule has 1 heterocycles. The van der Waals surface area contributed by atoms with Crippen LogP contribution in [-0.2, 0) is 13.1 Å². The molecular weight excluding hydrogens is 421 g/mol. The number of H-pyrrole nitrogens is 1. The van der Waals surface area contributed by atoms with E-state index in [0.717, 1.165) is 22.0 Å². The van der Waals surface area contributed by atoms with Crippen LogP contribution in [0.2, 0.25) is 0 Å². The highest BCUT2D eigenvalue weighted by atomic mass is 19.1. The van der Waals surface area contributed by atoms with Crippen molar-refractivity contribution in [3.63, 3.8) is 0 Å². The summed E-state index contributed by atoms with van der Waals surface area (Å²) in [5.74, 6) is 0.247. The van der Waals surface area contributed by atoms with E-state index in [0.29, 0.717) is 17.0 Å². The minimum atomic E-state index is -0.420. The van der Waals surface area contributed by atoms with E-state index in [9.17, 15) is 14.0 Å². The molecule has 0 saturated heterocycles. The Kier molecular flexibility index (Phi) is 6.40. The lowest BCUT2D eigenvalue weighted by Crippen LogP contribution is -2.35. The second-order valence-corrected chi connectivity index (χ2v) is 7.82. The van der Waals surface area contributed by atoms with Crippen LogP contribution in [-0.4, -0.2) is 23.0 Å². The highest BCUT2D eigenvalue weighted by Crippen LogP contribution is 2.22. The van der Waals surface area contributed by atoms with Crippen molar-refractivity contribution in [1.82, 2.24) is 9.88 Å². The molecule has 0 radical (unpaired) electrons. The van der Waals surface area contributed by atoms with E-state index in [4.69, 9.17) is 4.74 Å². The van der Waals surface area contributed by atoms with Crippen LogP contribution in [0.15, 0.2) is 77.6 Å². The Labute approximate surface area is 190 Å². The van der Waals surface area contributed by atoms with E-state index < -0.39 is 11.8 Å². The fourth-order valence-corrected chi connectivity index (χ4v) is 3.67. The van der Waals surface area contributed by atoms with Gasteiger partial charge in [-0.15, -0.1) is 0 Å². The van der Waals surface area contributed by atoms with Crippen molar-refractivity contribution in [3.8, 4) is 5.75 Å². The summed E-state index contributed by atoms with van der Waals surface area (Å²) in [7, 11) is 1.57. The lowest BCUT2D eigenvalue weighted by atomic mass is 10.1. The van der Waals surface area contributed by atoms with Crippen LogP contribution < -0.4 is 15.6 Å². The fourth-order valence-electron chi connectivity index (χ4n) is 3.67. The number of amides is 2. The van der Waals surface area contributed by atoms with Crippen molar-refractivity contribution in [3.05, 3.63) is 106 Å². The molecule has 2 amide bonds. The molecule has 4 aromatic rings. The van der Waals surface area contributed by atoms with Crippen LogP contribution >= 0.6 is 0 Å². The molecule has 0 atom stereocenters. The average molecular weight is 445 g/mol. The Morgan fingerprint density at radius 2 is 1.73 bits per heavy atom. The highest BCUT2D eigenvalue weighted by molar-refractivity contribution is 5.89. The van der Waals surface area contributed by atoms with Crippen molar-refractivity contribution in [2.24, 2.45) is 0 Å². The monoisotopic (exact) mass is 445 g/mol. The summed E-state index contributed by atoms with van der Waals surface area (Å²) in [5, 5.41) is 3.67. The summed E-state index contributed by atoms with van der Waals surface area (Å²) in [6.07, 6.45) is 0. The van der Waals surface area contributed by atoms with Crippen LogP contribution in [0.4, 0.5) is 14.9 Å². The Morgan fingerprint density at radius 1 is 1.00 bits per heavy atom. The Morgan fingerprint density at radius 3 is 2.48 bits per heavy atom. The molecule has 0 spiro atoms. The van der Waals surface area contributed by atoms with Crippen molar-refractivity contribution in [2.45, 2.75) is 20.0 Å². The number of rotatable bonds is 6. The molecule has 168 valence electrons. The zero-order valence-electron chi connectivity index (χ0n) is 18.4. The summed E-state index contributed by atoms with van der Waals surface area (Å²) in [6.45, 7) is 2.26. The van der Waals surface area contributed by atoms with E-state index >= 15 is 0 Å². The van der Waals surface area contributed by atoms with Crippen molar-refractivity contribution >= 4 is 22.6 Å². The third-order valence-electron chi connectivity index (χ3n) is 5.37. The van der Waals surface area contributed by atoms with Gasteiger partial charge in [0.05, 0.1) is 20.2 Å². The number of hydrogen-bond donors (Lipinski definition) is 2. The van der Waals surface area contributed by atoms with Gasteiger partial charge in [0.1, 0.15) is 11.6 Å². The molecule has 0 aliphatic carbocycles. The first-order valence-corrected chi connectivity index (χ1v) is 10.5. The minimum Gasteiger partial charge on any atom is -0.496 e. The largest absolute Gasteiger partial charge is 0.496 e. The maximum Gasteiger partial charge on any atom is 0.322 e. The first-order chi connectivity index (χ1) is 15.9. The van der Waals surface area contributed by atoms with Crippen LogP contribution in [0.1, 0.15) is 16.7 Å². The second kappa shape index (κ2) is 9.56. The summed E-state index contributed by atoms with van der Waals surface area (Å²) in [4.78, 5) is 30.4. The number of nitrogens with zero attached hydrogens (tertiary/aromatic N) is 1. The smallest absolute Gasteiger partial charge is 0.322 e. The zero-order valence-corrected chi connectivity index (χ0v) is 18.4. The van der Waals surface area contributed by atoms with Crippen LogP contribution in [0.25, 0.3) is 10.9 Å². The van der Waals surface area contributed by atoms with Gasteiger partial charge in [-0.3, -0.25) is 4.79 Å². The molecular formula is C26H24FN3O3. The standard InChI is InChI=1S/C26H24FN3O3/c1-17-7-12-23-19(13-17)14-20(25(31)29-23)16-30(15-18-5-3-4-6-24(18)33-2)26(32)28-22-10-8-21(27)9-11-22/h3-14H,15-16H2,1-2H3,(H,28,32)(H,29,31). The number of aromatic amines is 1. The van der Waals surface area contributed by atoms with E-state index in [1.807, 2.05) is 55.5 Å². The number of halogens is 1. The number of fused-ring (bicyclic) bond motifs is 1. The number of benzene rings is 3. The number of aryl methyl sites for hydroxylation is 1. The number of carbonyl (C=O) groups is 1. The Hall–Kier alpha value is -4.13. The van der Waals surface area contributed by atoms with Crippen LogP contribution in [0.5, 0.6) is 5.75 Å². The summed E-state index contributed by atoms with van der Waals surface area (Å²) in [6, 6.07) is 20.1. The molecule has 3 aromatic carbocycles. The SMILES string of the molecule is COc1ccccc1CN(Cc1cc2cc(C)ccc2[nH]c1=O)C(=O)Nc1ccc(F)cc1. The van der Waals surface area contributed by atoms with E-state index in [1.54, 1.807) is 7.11 Å². The van der Waals surface area contributed by atoms with Gasteiger partial charge < -0.3 is 19.9 Å². The van der Waals surface area contributed by atoms with Gasteiger partial charge in [0, 0.05) is 22.3 Å². The van der Waals surface area contributed by atoms with E-state index in [2.05, 4.69) is 10.3 Å². The number of pyridine rings is 1. The third kappa shape index (κ3) is 5.20. The fraction of sp³-hybridized carbons (Fsp3) is 0.154. The molecule has 0 aliphatic rings. The van der Waals surface area contributed by atoms with Crippen LogP contribution in [0.3, 0.4) is 0 Å². The van der Waals surface area contributed by atoms with Gasteiger partial charge in [-0.2, -0.15) is 0 Å². The maximum atomic E-state index is 13.3. The van der Waals surface area contributed by atoms with Crippen LogP contribution in [0, 0.1) is 12.7 Å². The first-order valence-electron chi connectivity index (χ1n) is 10.5. The van der Waals surface area contributed by atoms with Gasteiger partial charge in [0.2, 0.25) is 0 Å². The number of ether oxygens (including phenoxy) is 1. The first kappa shape index (κ1) is 22.1. The van der Waals surface area contributed by atoms with Crippen molar-refractivity contribution in [1.29, 1.82) is 0 Å². The lowest BCUT2D eigenvalue weighted by molar-refractivity contribution is 0.205. The lowest BCUT2D eigenvalue weighted by Gasteiger charge is -2.24. The summed E-state index contributed by atoms with van der Waals surface area (Å²) in [5.41, 5.74) is 3.25. The number of para-hydroxylation sites is 1. The summed E-state index contributed by atoms with van der Waals surface area (Å²) >= 11 is 0. The molecule has 0 saturated carbocycles. The average Bonchev–Trinajstić information content (AvgIpc) is 2.81. The molecule has 33 heavy (non-hydrogen) atoms. The van der Waals surface area contributed by atoms with Gasteiger partial charge in [-0.1, -0.05) is 29.8 Å². The molecule has 2 N–H and O–H groups in total. The molecule has 6 nitrogen and oxygen atoms in total. The highest BCUT2D eigenvalue weighted by Gasteiger charge is 2.19. The molecule has 0 fully saturated rings. The Bertz CT molecular complexity index is 1350.